The third-order valence-electron chi connectivity index (χ3n) is 3.53. The van der Waals surface area contributed by atoms with Crippen LogP contribution in [0.15, 0.2) is 28.8 Å². The fourth-order valence-corrected chi connectivity index (χ4v) is 3.02. The first-order valence-corrected chi connectivity index (χ1v) is 7.86. The second-order valence-electron chi connectivity index (χ2n) is 5.34. The number of aromatic nitrogens is 4. The van der Waals surface area contributed by atoms with E-state index in [9.17, 15) is 4.79 Å². The number of nitrogens with one attached hydrogen (secondary N) is 2. The van der Waals surface area contributed by atoms with E-state index in [1.165, 1.54) is 24.2 Å². The predicted molar refractivity (Wildman–Crippen MR) is 81.4 cm³/mol. The molecule has 21 heavy (non-hydrogen) atoms. The number of rotatable bonds is 5. The van der Waals surface area contributed by atoms with Crippen molar-refractivity contribution < 1.29 is 0 Å². The van der Waals surface area contributed by atoms with Crippen molar-refractivity contribution in [1.82, 2.24) is 24.8 Å². The number of thiophene rings is 1. The average Bonchev–Trinajstić information content (AvgIpc) is 2.98. The molecule has 3 aromatic rings. The van der Waals surface area contributed by atoms with E-state index >= 15 is 0 Å². The van der Waals surface area contributed by atoms with Crippen LogP contribution >= 0.6 is 11.3 Å². The summed E-state index contributed by atoms with van der Waals surface area (Å²) in [6.45, 7) is 1.32. The molecule has 0 unspecified atom stereocenters. The third kappa shape index (κ3) is 2.74. The molecule has 3 aromatic heterocycles. The molecule has 1 aliphatic rings. The number of hydrogen-bond acceptors (Lipinski definition) is 5. The molecule has 4 rings (SSSR count). The first-order valence-electron chi connectivity index (χ1n) is 6.98. The van der Waals surface area contributed by atoms with Crippen LogP contribution in [-0.2, 0) is 13.1 Å². The number of aromatic amines is 1. The van der Waals surface area contributed by atoms with E-state index in [1.807, 2.05) is 22.2 Å². The maximum absolute atomic E-state index is 11.9. The smallest absolute Gasteiger partial charge is 0.268 e. The van der Waals surface area contributed by atoms with Crippen LogP contribution in [0.25, 0.3) is 10.2 Å². The topological polar surface area (TPSA) is 75.6 Å². The highest BCUT2D eigenvalue weighted by molar-refractivity contribution is 7.17. The molecule has 0 saturated heterocycles. The molecular weight excluding hydrogens is 286 g/mol. The Kier molecular flexibility index (Phi) is 3.08. The molecule has 0 aromatic carbocycles. The van der Waals surface area contributed by atoms with Crippen LogP contribution in [0.3, 0.4) is 0 Å². The van der Waals surface area contributed by atoms with Gasteiger partial charge in [0.1, 0.15) is 10.5 Å². The molecule has 0 bridgehead atoms. The van der Waals surface area contributed by atoms with Gasteiger partial charge in [0.2, 0.25) is 0 Å². The van der Waals surface area contributed by atoms with E-state index in [2.05, 4.69) is 20.3 Å². The van der Waals surface area contributed by atoms with Gasteiger partial charge in [0, 0.05) is 18.8 Å². The molecule has 2 N–H and O–H groups in total. The van der Waals surface area contributed by atoms with Gasteiger partial charge < -0.3 is 14.9 Å². The first kappa shape index (κ1) is 12.7. The summed E-state index contributed by atoms with van der Waals surface area (Å²) in [5.41, 5.74) is 1.70. The minimum atomic E-state index is -0.0688. The van der Waals surface area contributed by atoms with Crippen molar-refractivity contribution >= 4 is 21.6 Å². The van der Waals surface area contributed by atoms with Gasteiger partial charge in [0.25, 0.3) is 5.56 Å². The molecule has 6 nitrogen and oxygen atoms in total. The van der Waals surface area contributed by atoms with E-state index in [4.69, 9.17) is 0 Å². The Morgan fingerprint density at radius 1 is 1.48 bits per heavy atom. The van der Waals surface area contributed by atoms with Crippen LogP contribution in [0.2, 0.25) is 0 Å². The van der Waals surface area contributed by atoms with Crippen LogP contribution in [0.4, 0.5) is 0 Å². The highest BCUT2D eigenvalue weighted by Gasteiger charge is 2.20. The zero-order valence-corrected chi connectivity index (χ0v) is 12.2. The lowest BCUT2D eigenvalue weighted by Crippen LogP contribution is -2.15. The molecular formula is C14H15N5OS. The maximum atomic E-state index is 11.9. The Hall–Kier alpha value is -1.99. The fourth-order valence-electron chi connectivity index (χ4n) is 2.29. The van der Waals surface area contributed by atoms with Crippen LogP contribution in [-0.4, -0.2) is 25.6 Å². The standard InChI is InChI=1S/C14H15N5OS/c20-14-13-11(3-4-21-13)17-12(18-14)7-19-6-10(16-8-19)5-15-9-1-2-9/h3-4,6,8-9,15H,1-2,5,7H2,(H,17,18,20). The normalized spacial score (nSPS) is 14.9. The van der Waals surface area contributed by atoms with Crippen molar-refractivity contribution in [2.75, 3.05) is 0 Å². The van der Waals surface area contributed by atoms with Gasteiger partial charge in [-0.2, -0.15) is 0 Å². The van der Waals surface area contributed by atoms with E-state index in [0.29, 0.717) is 23.1 Å². The van der Waals surface area contributed by atoms with Crippen molar-refractivity contribution in [3.05, 3.63) is 45.8 Å². The molecule has 1 saturated carbocycles. The molecule has 0 radical (unpaired) electrons. The van der Waals surface area contributed by atoms with Crippen molar-refractivity contribution in [1.29, 1.82) is 0 Å². The van der Waals surface area contributed by atoms with Gasteiger partial charge >= 0.3 is 0 Å². The van der Waals surface area contributed by atoms with Crippen LogP contribution in [0.5, 0.6) is 0 Å². The van der Waals surface area contributed by atoms with Crippen molar-refractivity contribution in [3.63, 3.8) is 0 Å². The van der Waals surface area contributed by atoms with E-state index in [0.717, 1.165) is 17.8 Å². The van der Waals surface area contributed by atoms with Gasteiger partial charge in [0.15, 0.2) is 0 Å². The Morgan fingerprint density at radius 2 is 2.38 bits per heavy atom. The zero-order chi connectivity index (χ0) is 14.2. The summed E-state index contributed by atoms with van der Waals surface area (Å²) in [7, 11) is 0. The summed E-state index contributed by atoms with van der Waals surface area (Å²) in [4.78, 5) is 23.6. The number of imidazole rings is 1. The molecule has 1 fully saturated rings. The molecule has 0 spiro atoms. The second kappa shape index (κ2) is 5.09. The molecule has 1 aliphatic carbocycles. The summed E-state index contributed by atoms with van der Waals surface area (Å²) in [5.74, 6) is 0.657. The highest BCUT2D eigenvalue weighted by Crippen LogP contribution is 2.19. The molecule has 0 amide bonds. The Balaban J connectivity index is 1.52. The van der Waals surface area contributed by atoms with Gasteiger partial charge in [-0.15, -0.1) is 11.3 Å². The number of nitrogens with zero attached hydrogens (tertiary/aromatic N) is 3. The Bertz CT molecular complexity index is 829. The fraction of sp³-hybridized carbons (Fsp3) is 0.357. The lowest BCUT2D eigenvalue weighted by atomic mass is 10.4. The van der Waals surface area contributed by atoms with E-state index < -0.39 is 0 Å². The summed E-state index contributed by atoms with van der Waals surface area (Å²) in [6.07, 6.45) is 6.31. The molecule has 0 atom stereocenters. The van der Waals surface area contributed by atoms with Crippen LogP contribution < -0.4 is 10.9 Å². The highest BCUT2D eigenvalue weighted by atomic mass is 32.1. The molecule has 108 valence electrons. The van der Waals surface area contributed by atoms with Gasteiger partial charge in [0.05, 0.1) is 24.1 Å². The lowest BCUT2D eigenvalue weighted by molar-refractivity contribution is 0.675. The quantitative estimate of drug-likeness (QED) is 0.748. The Morgan fingerprint density at radius 3 is 3.24 bits per heavy atom. The summed E-state index contributed by atoms with van der Waals surface area (Å²) >= 11 is 1.41. The van der Waals surface area contributed by atoms with Gasteiger partial charge in [-0.05, 0) is 24.3 Å². The lowest BCUT2D eigenvalue weighted by Gasteiger charge is -2.02. The average molecular weight is 301 g/mol. The van der Waals surface area contributed by atoms with Crippen LogP contribution in [0.1, 0.15) is 24.4 Å². The van der Waals surface area contributed by atoms with Gasteiger partial charge in [-0.1, -0.05) is 0 Å². The predicted octanol–water partition coefficient (Wildman–Crippen LogP) is 1.48. The summed E-state index contributed by atoms with van der Waals surface area (Å²) in [5, 5.41) is 5.32. The molecule has 0 aliphatic heterocycles. The van der Waals surface area contributed by atoms with E-state index in [1.54, 1.807) is 6.33 Å². The van der Waals surface area contributed by atoms with E-state index in [-0.39, 0.29) is 5.56 Å². The number of hydrogen-bond donors (Lipinski definition) is 2. The molecule has 3 heterocycles. The number of H-pyrrole nitrogens is 1. The Labute approximate surface area is 124 Å². The first-order chi connectivity index (χ1) is 10.3. The van der Waals surface area contributed by atoms with Crippen molar-refractivity contribution in [3.8, 4) is 0 Å². The molecule has 7 heteroatoms. The monoisotopic (exact) mass is 301 g/mol. The van der Waals surface area contributed by atoms with Crippen molar-refractivity contribution in [2.45, 2.75) is 32.0 Å². The summed E-state index contributed by atoms with van der Waals surface area (Å²) < 4.78 is 2.62. The SMILES string of the molecule is O=c1[nH]c(Cn2cnc(CNC3CC3)c2)nc2ccsc12. The number of fused-ring (bicyclic) bond motifs is 1. The maximum Gasteiger partial charge on any atom is 0.268 e. The second-order valence-corrected chi connectivity index (χ2v) is 6.26. The van der Waals surface area contributed by atoms with Crippen LogP contribution in [0, 0.1) is 0 Å². The summed E-state index contributed by atoms with van der Waals surface area (Å²) in [6, 6.07) is 2.55. The van der Waals surface area contributed by atoms with Gasteiger partial charge in [-0.3, -0.25) is 4.79 Å². The minimum Gasteiger partial charge on any atom is -0.330 e. The van der Waals surface area contributed by atoms with Gasteiger partial charge in [-0.25, -0.2) is 9.97 Å². The minimum absolute atomic E-state index is 0.0688. The zero-order valence-electron chi connectivity index (χ0n) is 11.4. The largest absolute Gasteiger partial charge is 0.330 e. The van der Waals surface area contributed by atoms with Crippen molar-refractivity contribution in [2.24, 2.45) is 0 Å². The third-order valence-corrected chi connectivity index (χ3v) is 4.43.